The van der Waals surface area contributed by atoms with Crippen LogP contribution < -0.4 is 10.6 Å². The number of hydrogen-bond acceptors (Lipinski definition) is 2. The molecule has 2 amide bonds. The third-order valence-electron chi connectivity index (χ3n) is 4.14. The summed E-state index contributed by atoms with van der Waals surface area (Å²) in [6, 6.07) is 5.06. The van der Waals surface area contributed by atoms with E-state index >= 15 is 0 Å². The van der Waals surface area contributed by atoms with Crippen molar-refractivity contribution < 1.29 is 19.1 Å². The molecule has 1 saturated carbocycles. The first kappa shape index (κ1) is 15.3. The number of aliphatic carboxylic acids is 1. The van der Waals surface area contributed by atoms with Crippen molar-refractivity contribution in [2.45, 2.75) is 38.1 Å². The predicted octanol–water partition coefficient (Wildman–Crippen LogP) is 2.98. The van der Waals surface area contributed by atoms with Crippen molar-refractivity contribution in [3.63, 3.8) is 0 Å². The van der Waals surface area contributed by atoms with Crippen molar-refractivity contribution in [3.8, 4) is 0 Å². The van der Waals surface area contributed by atoms with Crippen molar-refractivity contribution in [1.82, 2.24) is 5.32 Å². The van der Waals surface area contributed by atoms with E-state index in [4.69, 9.17) is 0 Å². The number of urea groups is 1. The smallest absolute Gasteiger partial charge is 0.329 e. The van der Waals surface area contributed by atoms with Crippen LogP contribution in [0.3, 0.4) is 0 Å². The van der Waals surface area contributed by atoms with Gasteiger partial charge in [0.05, 0.1) is 5.69 Å². The van der Waals surface area contributed by atoms with Crippen molar-refractivity contribution in [2.75, 3.05) is 5.32 Å². The Bertz CT molecular complexity index is 549. The largest absolute Gasteiger partial charge is 0.479 e. The van der Waals surface area contributed by atoms with Crippen LogP contribution in [0.4, 0.5) is 14.9 Å². The molecule has 3 N–H and O–H groups in total. The van der Waals surface area contributed by atoms with Crippen LogP contribution in [-0.2, 0) is 4.79 Å². The second-order valence-corrected chi connectivity index (χ2v) is 5.48. The summed E-state index contributed by atoms with van der Waals surface area (Å²) >= 11 is 0. The second kappa shape index (κ2) is 6.11. The monoisotopic (exact) mass is 294 g/mol. The van der Waals surface area contributed by atoms with E-state index in [0.29, 0.717) is 6.42 Å². The number of anilines is 1. The molecule has 0 aliphatic heterocycles. The summed E-state index contributed by atoms with van der Waals surface area (Å²) in [7, 11) is 0. The molecule has 0 saturated heterocycles. The maximum atomic E-state index is 13.5. The molecule has 1 fully saturated rings. The minimum atomic E-state index is -1.28. The molecule has 114 valence electrons. The molecule has 1 aromatic rings. The van der Waals surface area contributed by atoms with E-state index in [-0.39, 0.29) is 11.6 Å². The van der Waals surface area contributed by atoms with E-state index in [1.807, 2.05) is 6.92 Å². The average molecular weight is 294 g/mol. The molecule has 2 rings (SSSR count). The van der Waals surface area contributed by atoms with Gasteiger partial charge < -0.3 is 15.7 Å². The van der Waals surface area contributed by atoms with Crippen LogP contribution in [0.15, 0.2) is 24.3 Å². The van der Waals surface area contributed by atoms with Crippen LogP contribution in [0.1, 0.15) is 32.6 Å². The summed E-state index contributed by atoms with van der Waals surface area (Å²) in [5.41, 5.74) is -1.26. The molecule has 0 aromatic heterocycles. The van der Waals surface area contributed by atoms with E-state index in [9.17, 15) is 19.1 Å². The van der Waals surface area contributed by atoms with Gasteiger partial charge in [-0.25, -0.2) is 14.0 Å². The highest BCUT2D eigenvalue weighted by Crippen LogP contribution is 2.34. The quantitative estimate of drug-likeness (QED) is 0.802. The number of halogens is 1. The third kappa shape index (κ3) is 3.15. The van der Waals surface area contributed by atoms with Crippen molar-refractivity contribution in [2.24, 2.45) is 5.92 Å². The molecule has 6 heteroatoms. The van der Waals surface area contributed by atoms with E-state index in [2.05, 4.69) is 10.6 Å². The van der Waals surface area contributed by atoms with Gasteiger partial charge in [0.2, 0.25) is 0 Å². The molecule has 21 heavy (non-hydrogen) atoms. The number of carboxylic acid groups (broad SMARTS) is 1. The minimum Gasteiger partial charge on any atom is -0.479 e. The number of carboxylic acids is 1. The van der Waals surface area contributed by atoms with Gasteiger partial charge in [-0.3, -0.25) is 0 Å². The fraction of sp³-hybridized carbons (Fsp3) is 0.467. The fourth-order valence-electron chi connectivity index (χ4n) is 2.82. The first-order valence-corrected chi connectivity index (χ1v) is 7.03. The fourth-order valence-corrected chi connectivity index (χ4v) is 2.82. The Morgan fingerprint density at radius 3 is 2.67 bits per heavy atom. The highest BCUT2D eigenvalue weighted by atomic mass is 19.1. The van der Waals surface area contributed by atoms with Crippen molar-refractivity contribution in [3.05, 3.63) is 30.1 Å². The Labute approximate surface area is 122 Å². The maximum Gasteiger partial charge on any atom is 0.329 e. The van der Waals surface area contributed by atoms with E-state index in [1.54, 1.807) is 6.07 Å². The van der Waals surface area contributed by atoms with Crippen LogP contribution >= 0.6 is 0 Å². The Hall–Kier alpha value is -2.11. The first-order chi connectivity index (χ1) is 9.95. The normalized spacial score (nSPS) is 25.1. The molecule has 2 unspecified atom stereocenters. The molecule has 2 atom stereocenters. The lowest BCUT2D eigenvalue weighted by Crippen LogP contribution is -2.60. The van der Waals surface area contributed by atoms with Crippen LogP contribution in [0, 0.1) is 11.7 Å². The van der Waals surface area contributed by atoms with E-state index in [1.165, 1.54) is 18.2 Å². The summed E-state index contributed by atoms with van der Waals surface area (Å²) in [5.74, 6) is -1.78. The molecular weight excluding hydrogens is 275 g/mol. The summed E-state index contributed by atoms with van der Waals surface area (Å²) in [5, 5.41) is 14.4. The van der Waals surface area contributed by atoms with Gasteiger partial charge in [-0.05, 0) is 30.9 Å². The predicted molar refractivity (Wildman–Crippen MR) is 76.6 cm³/mol. The van der Waals surface area contributed by atoms with Gasteiger partial charge in [0.25, 0.3) is 0 Å². The number of para-hydroxylation sites is 1. The zero-order valence-electron chi connectivity index (χ0n) is 11.9. The van der Waals surface area contributed by atoms with E-state index < -0.39 is 23.4 Å². The number of carbonyl (C=O) groups is 2. The third-order valence-corrected chi connectivity index (χ3v) is 4.14. The van der Waals surface area contributed by atoms with Gasteiger partial charge in [0.15, 0.2) is 0 Å². The van der Waals surface area contributed by atoms with Crippen LogP contribution in [-0.4, -0.2) is 22.6 Å². The van der Waals surface area contributed by atoms with Gasteiger partial charge in [0, 0.05) is 0 Å². The zero-order valence-corrected chi connectivity index (χ0v) is 11.9. The number of nitrogens with one attached hydrogen (secondary N) is 2. The zero-order chi connectivity index (χ0) is 15.5. The second-order valence-electron chi connectivity index (χ2n) is 5.48. The lowest BCUT2D eigenvalue weighted by molar-refractivity contribution is -0.148. The molecular formula is C15H19FN2O3. The molecule has 1 aliphatic carbocycles. The van der Waals surface area contributed by atoms with Crippen LogP contribution in [0.25, 0.3) is 0 Å². The molecule has 0 heterocycles. The van der Waals surface area contributed by atoms with E-state index in [0.717, 1.165) is 19.3 Å². The average Bonchev–Trinajstić information content (AvgIpc) is 2.44. The minimum absolute atomic E-state index is 0.0269. The van der Waals surface area contributed by atoms with Gasteiger partial charge in [-0.1, -0.05) is 31.9 Å². The van der Waals surface area contributed by atoms with Crippen LogP contribution in [0.5, 0.6) is 0 Å². The lowest BCUT2D eigenvalue weighted by atomic mass is 9.73. The standard InChI is InChI=1S/C15H19FN2O3/c1-10-6-4-5-9-15(10,13(19)20)18-14(21)17-12-8-3-2-7-11(12)16/h2-3,7-8,10H,4-6,9H2,1H3,(H,19,20)(H2,17,18,21). The summed E-state index contributed by atoms with van der Waals surface area (Å²) < 4.78 is 13.5. The Kier molecular flexibility index (Phi) is 4.45. The Balaban J connectivity index is 2.12. The molecule has 0 bridgehead atoms. The van der Waals surface area contributed by atoms with Gasteiger partial charge in [-0.15, -0.1) is 0 Å². The van der Waals surface area contributed by atoms with Gasteiger partial charge >= 0.3 is 12.0 Å². The van der Waals surface area contributed by atoms with Gasteiger partial charge in [0.1, 0.15) is 11.4 Å². The van der Waals surface area contributed by atoms with Gasteiger partial charge in [-0.2, -0.15) is 0 Å². The number of rotatable bonds is 3. The Morgan fingerprint density at radius 2 is 2.05 bits per heavy atom. The maximum absolute atomic E-state index is 13.5. The highest BCUT2D eigenvalue weighted by Gasteiger charge is 2.46. The molecule has 0 radical (unpaired) electrons. The summed E-state index contributed by atoms with van der Waals surface area (Å²) in [6.07, 6.45) is 2.82. The molecule has 5 nitrogen and oxygen atoms in total. The Morgan fingerprint density at radius 1 is 1.33 bits per heavy atom. The number of benzene rings is 1. The molecule has 0 spiro atoms. The topological polar surface area (TPSA) is 78.4 Å². The highest BCUT2D eigenvalue weighted by molar-refractivity contribution is 5.94. The SMILES string of the molecule is CC1CCCCC1(NC(=O)Nc1ccccc1F)C(=O)O. The first-order valence-electron chi connectivity index (χ1n) is 7.03. The van der Waals surface area contributed by atoms with Crippen molar-refractivity contribution >= 4 is 17.7 Å². The molecule has 1 aliphatic rings. The number of carbonyl (C=O) groups excluding carboxylic acids is 1. The molecule has 1 aromatic carbocycles. The lowest BCUT2D eigenvalue weighted by Gasteiger charge is -2.39. The number of hydrogen-bond donors (Lipinski definition) is 3. The number of amides is 2. The summed E-state index contributed by atoms with van der Waals surface area (Å²) in [4.78, 5) is 23.7. The van der Waals surface area contributed by atoms with Crippen molar-refractivity contribution in [1.29, 1.82) is 0 Å². The summed E-state index contributed by atoms with van der Waals surface area (Å²) in [6.45, 7) is 1.82. The van der Waals surface area contributed by atoms with Crippen LogP contribution in [0.2, 0.25) is 0 Å².